The first-order valence-corrected chi connectivity index (χ1v) is 6.48. The molecule has 0 aromatic carbocycles. The number of hydrogen-bond acceptors (Lipinski definition) is 3. The molecule has 0 aromatic rings. The summed E-state index contributed by atoms with van der Waals surface area (Å²) in [4.78, 5) is 14.1. The van der Waals surface area contributed by atoms with Gasteiger partial charge in [-0.05, 0) is 40.3 Å². The lowest BCUT2D eigenvalue weighted by atomic mass is 9.95. The Kier molecular flexibility index (Phi) is 4.95. The minimum absolute atomic E-state index is 0.000903. The van der Waals surface area contributed by atoms with Gasteiger partial charge in [0.15, 0.2) is 0 Å². The van der Waals surface area contributed by atoms with Crippen LogP contribution in [0.25, 0.3) is 0 Å². The van der Waals surface area contributed by atoms with Crippen LogP contribution < -0.4 is 5.32 Å². The second kappa shape index (κ2) is 5.83. The molecular formula is C13H26N2O2. The third-order valence-electron chi connectivity index (χ3n) is 3.84. The summed E-state index contributed by atoms with van der Waals surface area (Å²) in [6, 6.07) is 0.107. The molecule has 1 fully saturated rings. The standard InChI is InChI=1S/C13H26N2O2/c1-6-7-8-15(4)10-9-11(14-12(10)16)13(2,3)17-5/h10-11H,6-9H2,1-5H3,(H,14,16). The van der Waals surface area contributed by atoms with Gasteiger partial charge in [0, 0.05) is 7.11 Å². The molecule has 0 aliphatic carbocycles. The van der Waals surface area contributed by atoms with Crippen molar-refractivity contribution in [3.8, 4) is 0 Å². The van der Waals surface area contributed by atoms with Crippen LogP contribution in [-0.2, 0) is 9.53 Å². The van der Waals surface area contributed by atoms with Gasteiger partial charge in [0.25, 0.3) is 0 Å². The summed E-state index contributed by atoms with van der Waals surface area (Å²) in [5.74, 6) is 0.138. The van der Waals surface area contributed by atoms with E-state index in [1.165, 1.54) is 0 Å². The first-order chi connectivity index (χ1) is 7.92. The summed E-state index contributed by atoms with van der Waals surface area (Å²) in [5.41, 5.74) is -0.296. The van der Waals surface area contributed by atoms with E-state index in [0.29, 0.717) is 0 Å². The average molecular weight is 242 g/mol. The smallest absolute Gasteiger partial charge is 0.237 e. The van der Waals surface area contributed by atoms with Gasteiger partial charge in [-0.25, -0.2) is 0 Å². The van der Waals surface area contributed by atoms with Crippen molar-refractivity contribution in [2.75, 3.05) is 20.7 Å². The fourth-order valence-corrected chi connectivity index (χ4v) is 2.20. The van der Waals surface area contributed by atoms with E-state index < -0.39 is 0 Å². The molecule has 0 saturated carbocycles. The second-order valence-electron chi connectivity index (χ2n) is 5.45. The van der Waals surface area contributed by atoms with Crippen LogP contribution in [0.3, 0.4) is 0 Å². The third-order valence-corrected chi connectivity index (χ3v) is 3.84. The molecule has 4 nitrogen and oxygen atoms in total. The topological polar surface area (TPSA) is 41.6 Å². The highest BCUT2D eigenvalue weighted by atomic mass is 16.5. The van der Waals surface area contributed by atoms with Gasteiger partial charge in [-0.2, -0.15) is 0 Å². The Bertz CT molecular complexity index is 266. The van der Waals surface area contributed by atoms with Gasteiger partial charge in [-0.3, -0.25) is 9.69 Å². The molecule has 100 valence electrons. The summed E-state index contributed by atoms with van der Waals surface area (Å²) < 4.78 is 5.45. The number of carbonyl (C=O) groups is 1. The van der Waals surface area contributed by atoms with E-state index in [0.717, 1.165) is 25.8 Å². The van der Waals surface area contributed by atoms with Gasteiger partial charge >= 0.3 is 0 Å². The van der Waals surface area contributed by atoms with Gasteiger partial charge in [-0.1, -0.05) is 13.3 Å². The van der Waals surface area contributed by atoms with Crippen molar-refractivity contribution in [2.45, 2.75) is 57.7 Å². The maximum Gasteiger partial charge on any atom is 0.237 e. The zero-order valence-corrected chi connectivity index (χ0v) is 11.7. The van der Waals surface area contributed by atoms with E-state index in [1.54, 1.807) is 7.11 Å². The lowest BCUT2D eigenvalue weighted by molar-refractivity contribution is -0.124. The Labute approximate surface area is 105 Å². The Morgan fingerprint density at radius 2 is 2.18 bits per heavy atom. The molecule has 2 unspecified atom stereocenters. The van der Waals surface area contributed by atoms with Crippen molar-refractivity contribution in [1.29, 1.82) is 0 Å². The minimum atomic E-state index is -0.296. The number of ether oxygens (including phenoxy) is 1. The van der Waals surface area contributed by atoms with Crippen LogP contribution in [0.15, 0.2) is 0 Å². The Morgan fingerprint density at radius 1 is 1.53 bits per heavy atom. The molecule has 17 heavy (non-hydrogen) atoms. The minimum Gasteiger partial charge on any atom is -0.377 e. The third kappa shape index (κ3) is 3.42. The van der Waals surface area contributed by atoms with Gasteiger partial charge in [0.1, 0.15) is 0 Å². The second-order valence-corrected chi connectivity index (χ2v) is 5.45. The number of methoxy groups -OCH3 is 1. The van der Waals surface area contributed by atoms with Crippen LogP contribution in [0.2, 0.25) is 0 Å². The molecule has 1 aliphatic heterocycles. The summed E-state index contributed by atoms with van der Waals surface area (Å²) in [7, 11) is 3.72. The summed E-state index contributed by atoms with van der Waals surface area (Å²) in [5, 5.41) is 3.05. The van der Waals surface area contributed by atoms with E-state index in [4.69, 9.17) is 4.74 Å². The highest BCUT2D eigenvalue weighted by Crippen LogP contribution is 2.24. The molecule has 1 saturated heterocycles. The fourth-order valence-electron chi connectivity index (χ4n) is 2.20. The van der Waals surface area contributed by atoms with E-state index in [2.05, 4.69) is 17.1 Å². The Hall–Kier alpha value is -0.610. The van der Waals surface area contributed by atoms with Crippen molar-refractivity contribution in [3.63, 3.8) is 0 Å². The van der Waals surface area contributed by atoms with E-state index in [-0.39, 0.29) is 23.6 Å². The first kappa shape index (κ1) is 14.5. The molecular weight excluding hydrogens is 216 g/mol. The van der Waals surface area contributed by atoms with E-state index in [9.17, 15) is 4.79 Å². The average Bonchev–Trinajstić information content (AvgIpc) is 2.69. The maximum absolute atomic E-state index is 11.9. The van der Waals surface area contributed by atoms with Crippen LogP contribution >= 0.6 is 0 Å². The molecule has 1 rings (SSSR count). The SMILES string of the molecule is CCCCN(C)C1CC(C(C)(C)OC)NC1=O. The van der Waals surface area contributed by atoms with Gasteiger partial charge in [0.2, 0.25) is 5.91 Å². The number of hydrogen-bond donors (Lipinski definition) is 1. The van der Waals surface area contributed by atoms with Gasteiger partial charge in [0.05, 0.1) is 17.7 Å². The monoisotopic (exact) mass is 242 g/mol. The summed E-state index contributed by atoms with van der Waals surface area (Å²) >= 11 is 0. The molecule has 0 radical (unpaired) electrons. The predicted octanol–water partition coefficient (Wildman–Crippen LogP) is 1.40. The number of nitrogens with one attached hydrogen (secondary N) is 1. The number of likely N-dealkylation sites (N-methyl/N-ethyl adjacent to an activating group) is 1. The molecule has 0 spiro atoms. The van der Waals surface area contributed by atoms with Crippen molar-refractivity contribution >= 4 is 5.91 Å². The molecule has 1 N–H and O–H groups in total. The van der Waals surface area contributed by atoms with Crippen LogP contribution in [0.1, 0.15) is 40.0 Å². The number of nitrogens with zero attached hydrogens (tertiary/aromatic N) is 1. The van der Waals surface area contributed by atoms with Crippen LogP contribution in [-0.4, -0.2) is 49.2 Å². The zero-order chi connectivity index (χ0) is 13.1. The first-order valence-electron chi connectivity index (χ1n) is 6.48. The van der Waals surface area contributed by atoms with Crippen molar-refractivity contribution in [1.82, 2.24) is 10.2 Å². The summed E-state index contributed by atoms with van der Waals surface area (Å²) in [6.45, 7) is 7.19. The lowest BCUT2D eigenvalue weighted by Crippen LogP contribution is -2.45. The highest BCUT2D eigenvalue weighted by Gasteiger charge is 2.42. The maximum atomic E-state index is 11.9. The molecule has 1 heterocycles. The number of carbonyl (C=O) groups excluding carboxylic acids is 1. The van der Waals surface area contributed by atoms with Crippen molar-refractivity contribution in [3.05, 3.63) is 0 Å². The molecule has 0 aromatic heterocycles. The molecule has 0 bridgehead atoms. The quantitative estimate of drug-likeness (QED) is 0.765. The predicted molar refractivity (Wildman–Crippen MR) is 69.0 cm³/mol. The van der Waals surface area contributed by atoms with E-state index >= 15 is 0 Å². The van der Waals surface area contributed by atoms with Gasteiger partial charge < -0.3 is 10.1 Å². The summed E-state index contributed by atoms with van der Waals surface area (Å²) in [6.07, 6.45) is 3.13. The zero-order valence-electron chi connectivity index (χ0n) is 11.7. The molecule has 1 amide bonds. The fraction of sp³-hybridized carbons (Fsp3) is 0.923. The Morgan fingerprint density at radius 3 is 2.71 bits per heavy atom. The number of unbranched alkanes of at least 4 members (excludes halogenated alkanes) is 1. The molecule has 2 atom stereocenters. The van der Waals surface area contributed by atoms with Crippen molar-refractivity contribution < 1.29 is 9.53 Å². The molecule has 1 aliphatic rings. The van der Waals surface area contributed by atoms with Crippen LogP contribution in [0.5, 0.6) is 0 Å². The normalized spacial score (nSPS) is 25.4. The Balaban J connectivity index is 2.58. The van der Waals surface area contributed by atoms with Crippen molar-refractivity contribution in [2.24, 2.45) is 0 Å². The van der Waals surface area contributed by atoms with Gasteiger partial charge in [-0.15, -0.1) is 0 Å². The largest absolute Gasteiger partial charge is 0.377 e. The molecule has 4 heteroatoms. The highest BCUT2D eigenvalue weighted by molar-refractivity contribution is 5.84. The number of amides is 1. The number of rotatable bonds is 6. The lowest BCUT2D eigenvalue weighted by Gasteiger charge is -2.30. The van der Waals surface area contributed by atoms with Crippen LogP contribution in [0, 0.1) is 0 Å². The van der Waals surface area contributed by atoms with E-state index in [1.807, 2.05) is 20.9 Å². The van der Waals surface area contributed by atoms with Crippen LogP contribution in [0.4, 0.5) is 0 Å².